The summed E-state index contributed by atoms with van der Waals surface area (Å²) in [5.41, 5.74) is 1.39. The van der Waals surface area contributed by atoms with E-state index >= 15 is 0 Å². The minimum absolute atomic E-state index is 0.719. The van der Waals surface area contributed by atoms with E-state index in [1.165, 1.54) is 10.4 Å². The third-order valence-electron chi connectivity index (χ3n) is 2.72. The molecule has 0 saturated heterocycles. The van der Waals surface area contributed by atoms with E-state index in [0.717, 1.165) is 43.1 Å². The van der Waals surface area contributed by atoms with E-state index < -0.39 is 0 Å². The zero-order valence-electron chi connectivity index (χ0n) is 9.32. The molecule has 0 radical (unpaired) electrons. The normalized spacial score (nSPS) is 16.7. The summed E-state index contributed by atoms with van der Waals surface area (Å²) in [5, 5.41) is 0. The smallest absolute Gasteiger partial charge is 0.160 e. The molecule has 3 heteroatoms. The van der Waals surface area contributed by atoms with Gasteiger partial charge in [0.15, 0.2) is 6.29 Å². The molecule has 2 heterocycles. The second kappa shape index (κ2) is 4.45. The molecule has 0 fully saturated rings. The van der Waals surface area contributed by atoms with Crippen molar-refractivity contribution in [2.75, 3.05) is 13.1 Å². The van der Waals surface area contributed by atoms with Gasteiger partial charge in [0.05, 0.1) is 4.88 Å². The van der Waals surface area contributed by atoms with Crippen LogP contribution in [-0.2, 0) is 13.0 Å². The lowest BCUT2D eigenvalue weighted by atomic mass is 10.1. The van der Waals surface area contributed by atoms with Gasteiger partial charge < -0.3 is 0 Å². The minimum atomic E-state index is 0.719. The maximum absolute atomic E-state index is 10.7. The molecule has 1 aromatic heterocycles. The van der Waals surface area contributed by atoms with E-state index in [-0.39, 0.29) is 0 Å². The summed E-state index contributed by atoms with van der Waals surface area (Å²) < 4.78 is 0. The number of carbonyl (C=O) groups is 1. The molecular weight excluding hydrogens is 206 g/mol. The number of hydrogen-bond acceptors (Lipinski definition) is 3. The first-order valence-electron chi connectivity index (χ1n) is 5.48. The molecular formula is C12H17NOS. The van der Waals surface area contributed by atoms with Gasteiger partial charge in [-0.15, -0.1) is 11.3 Å². The molecule has 1 aliphatic rings. The van der Waals surface area contributed by atoms with E-state index in [1.807, 2.05) is 0 Å². The lowest BCUT2D eigenvalue weighted by Gasteiger charge is -2.27. The Hall–Kier alpha value is -0.670. The minimum Gasteiger partial charge on any atom is -0.298 e. The molecule has 0 N–H and O–H groups in total. The van der Waals surface area contributed by atoms with E-state index in [2.05, 4.69) is 24.8 Å². The average molecular weight is 223 g/mol. The highest BCUT2D eigenvalue weighted by Gasteiger charge is 2.19. The zero-order chi connectivity index (χ0) is 10.8. The predicted molar refractivity (Wildman–Crippen MR) is 63.5 cm³/mol. The van der Waals surface area contributed by atoms with Gasteiger partial charge in [-0.2, -0.15) is 0 Å². The Morgan fingerprint density at radius 1 is 1.60 bits per heavy atom. The van der Waals surface area contributed by atoms with Crippen molar-refractivity contribution in [1.82, 2.24) is 4.90 Å². The second-order valence-electron chi connectivity index (χ2n) is 4.59. The molecule has 15 heavy (non-hydrogen) atoms. The largest absolute Gasteiger partial charge is 0.298 e. The van der Waals surface area contributed by atoms with Crippen LogP contribution in [0.3, 0.4) is 0 Å². The highest BCUT2D eigenvalue weighted by Crippen LogP contribution is 2.27. The van der Waals surface area contributed by atoms with Crippen molar-refractivity contribution in [2.45, 2.75) is 26.8 Å². The number of nitrogens with zero attached hydrogens (tertiary/aromatic N) is 1. The lowest BCUT2D eigenvalue weighted by Crippen LogP contribution is -2.32. The van der Waals surface area contributed by atoms with Gasteiger partial charge in [0.1, 0.15) is 0 Å². The molecule has 0 aromatic carbocycles. The van der Waals surface area contributed by atoms with Crippen molar-refractivity contribution in [3.05, 3.63) is 21.4 Å². The quantitative estimate of drug-likeness (QED) is 0.734. The molecule has 0 saturated carbocycles. The third kappa shape index (κ3) is 2.47. The Bertz CT molecular complexity index is 357. The van der Waals surface area contributed by atoms with E-state index in [4.69, 9.17) is 0 Å². The molecule has 2 rings (SSSR count). The van der Waals surface area contributed by atoms with Crippen LogP contribution in [0.5, 0.6) is 0 Å². The Morgan fingerprint density at radius 3 is 3.07 bits per heavy atom. The Kier molecular flexibility index (Phi) is 3.22. The van der Waals surface area contributed by atoms with Crippen LogP contribution in [-0.4, -0.2) is 24.3 Å². The Labute approximate surface area is 94.9 Å². The van der Waals surface area contributed by atoms with Crippen molar-refractivity contribution in [1.29, 1.82) is 0 Å². The second-order valence-corrected chi connectivity index (χ2v) is 5.76. The molecule has 1 aliphatic heterocycles. The first kappa shape index (κ1) is 10.8. The van der Waals surface area contributed by atoms with Gasteiger partial charge in [0, 0.05) is 24.5 Å². The van der Waals surface area contributed by atoms with Crippen molar-refractivity contribution in [2.24, 2.45) is 5.92 Å². The summed E-state index contributed by atoms with van der Waals surface area (Å²) in [6.07, 6.45) is 2.07. The molecule has 0 amide bonds. The highest BCUT2D eigenvalue weighted by molar-refractivity contribution is 7.13. The molecule has 0 bridgehead atoms. The van der Waals surface area contributed by atoms with Gasteiger partial charge in [0.25, 0.3) is 0 Å². The fraction of sp³-hybridized carbons (Fsp3) is 0.583. The van der Waals surface area contributed by atoms with Crippen LogP contribution in [0.4, 0.5) is 0 Å². The standard InChI is InChI=1S/C12H17NOS/c1-9(2)6-13-4-3-10-5-11(8-14)15-12(10)7-13/h5,8-9H,3-4,6-7H2,1-2H3. The zero-order valence-corrected chi connectivity index (χ0v) is 10.1. The van der Waals surface area contributed by atoms with Crippen molar-refractivity contribution < 1.29 is 4.79 Å². The average Bonchev–Trinajstić information content (AvgIpc) is 2.58. The molecule has 0 spiro atoms. The van der Waals surface area contributed by atoms with Crippen LogP contribution < -0.4 is 0 Å². The van der Waals surface area contributed by atoms with Gasteiger partial charge in [-0.05, 0) is 24.0 Å². The molecule has 0 aliphatic carbocycles. The van der Waals surface area contributed by atoms with E-state index in [1.54, 1.807) is 11.3 Å². The van der Waals surface area contributed by atoms with Crippen molar-refractivity contribution >= 4 is 17.6 Å². The summed E-state index contributed by atoms with van der Waals surface area (Å²) in [7, 11) is 0. The van der Waals surface area contributed by atoms with Gasteiger partial charge in [-0.3, -0.25) is 9.69 Å². The Balaban J connectivity index is 2.08. The van der Waals surface area contributed by atoms with Gasteiger partial charge in [0.2, 0.25) is 0 Å². The molecule has 0 atom stereocenters. The molecule has 82 valence electrons. The number of hydrogen-bond donors (Lipinski definition) is 0. The summed E-state index contributed by atoms with van der Waals surface area (Å²) in [4.78, 5) is 15.4. The third-order valence-corrected chi connectivity index (χ3v) is 3.81. The van der Waals surface area contributed by atoms with Gasteiger partial charge in [-0.25, -0.2) is 0 Å². The monoisotopic (exact) mass is 223 g/mol. The van der Waals surface area contributed by atoms with Gasteiger partial charge in [-0.1, -0.05) is 13.8 Å². The maximum Gasteiger partial charge on any atom is 0.160 e. The topological polar surface area (TPSA) is 20.3 Å². The Morgan fingerprint density at radius 2 is 2.40 bits per heavy atom. The fourth-order valence-electron chi connectivity index (χ4n) is 2.13. The van der Waals surface area contributed by atoms with Crippen LogP contribution >= 0.6 is 11.3 Å². The number of aldehydes is 1. The lowest BCUT2D eigenvalue weighted by molar-refractivity contribution is 0.112. The SMILES string of the molecule is CC(C)CN1CCc2cc(C=O)sc2C1. The number of carbonyl (C=O) groups excluding carboxylic acids is 1. The van der Waals surface area contributed by atoms with E-state index in [9.17, 15) is 4.79 Å². The molecule has 1 aromatic rings. The maximum atomic E-state index is 10.7. The predicted octanol–water partition coefficient (Wildman–Crippen LogP) is 2.57. The fourth-order valence-corrected chi connectivity index (χ4v) is 3.20. The first-order chi connectivity index (χ1) is 7.19. The van der Waals surface area contributed by atoms with Gasteiger partial charge >= 0.3 is 0 Å². The van der Waals surface area contributed by atoms with E-state index in [0.29, 0.717) is 0 Å². The van der Waals surface area contributed by atoms with Crippen LogP contribution in [0.25, 0.3) is 0 Å². The molecule has 0 unspecified atom stereocenters. The number of fused-ring (bicyclic) bond motifs is 1. The number of thiophene rings is 1. The van der Waals surface area contributed by atoms with Crippen LogP contribution in [0, 0.1) is 5.92 Å². The molecule has 2 nitrogen and oxygen atoms in total. The summed E-state index contributed by atoms with van der Waals surface area (Å²) >= 11 is 1.66. The van der Waals surface area contributed by atoms with Crippen molar-refractivity contribution in [3.63, 3.8) is 0 Å². The van der Waals surface area contributed by atoms with Crippen LogP contribution in [0.15, 0.2) is 6.07 Å². The number of rotatable bonds is 3. The summed E-state index contributed by atoms with van der Waals surface area (Å²) in [6.45, 7) is 7.83. The first-order valence-corrected chi connectivity index (χ1v) is 6.30. The van der Waals surface area contributed by atoms with Crippen LogP contribution in [0.2, 0.25) is 0 Å². The van der Waals surface area contributed by atoms with Crippen molar-refractivity contribution in [3.8, 4) is 0 Å². The summed E-state index contributed by atoms with van der Waals surface area (Å²) in [6, 6.07) is 2.06. The highest BCUT2D eigenvalue weighted by atomic mass is 32.1. The summed E-state index contributed by atoms with van der Waals surface area (Å²) in [5.74, 6) is 0.719. The van der Waals surface area contributed by atoms with Crippen LogP contribution in [0.1, 0.15) is 34.0 Å².